The lowest BCUT2D eigenvalue weighted by Crippen LogP contribution is -2.37. The first kappa shape index (κ1) is 14.5. The van der Waals surface area contributed by atoms with Crippen LogP contribution in [0, 0.1) is 5.92 Å². The number of nitrogens with zero attached hydrogens (tertiary/aromatic N) is 3. The second-order valence-electron chi connectivity index (χ2n) is 5.77. The molecule has 4 nitrogen and oxygen atoms in total. The molecule has 0 atom stereocenters. The minimum Gasteiger partial charge on any atom is -0.317 e. The van der Waals surface area contributed by atoms with Crippen LogP contribution in [-0.2, 0) is 13.5 Å². The van der Waals surface area contributed by atoms with E-state index >= 15 is 0 Å². The Kier molecular flexibility index (Phi) is 5.86. The molecule has 2 rings (SSSR count). The van der Waals surface area contributed by atoms with Gasteiger partial charge in [-0.25, -0.2) is 0 Å². The summed E-state index contributed by atoms with van der Waals surface area (Å²) >= 11 is 0. The molecule has 1 aliphatic rings. The van der Waals surface area contributed by atoms with Gasteiger partial charge in [0.25, 0.3) is 0 Å². The molecule has 1 N–H and O–H groups in total. The predicted molar refractivity (Wildman–Crippen MR) is 79.2 cm³/mol. The second-order valence-corrected chi connectivity index (χ2v) is 5.77. The molecule has 0 aromatic carbocycles. The second kappa shape index (κ2) is 7.65. The molecule has 1 aliphatic heterocycles. The molecule has 0 aliphatic carbocycles. The van der Waals surface area contributed by atoms with Crippen LogP contribution in [0.4, 0.5) is 0 Å². The molecule has 0 saturated carbocycles. The van der Waals surface area contributed by atoms with Gasteiger partial charge in [-0.1, -0.05) is 6.92 Å². The Morgan fingerprint density at radius 3 is 2.79 bits per heavy atom. The van der Waals surface area contributed by atoms with Crippen LogP contribution in [0.1, 0.15) is 31.7 Å². The van der Waals surface area contributed by atoms with E-state index in [0.717, 1.165) is 12.3 Å². The van der Waals surface area contributed by atoms with Gasteiger partial charge in [-0.3, -0.25) is 4.68 Å². The van der Waals surface area contributed by atoms with Crippen molar-refractivity contribution in [2.45, 2.75) is 32.6 Å². The third kappa shape index (κ3) is 4.96. The van der Waals surface area contributed by atoms with Crippen molar-refractivity contribution in [2.24, 2.45) is 13.0 Å². The lowest BCUT2D eigenvalue weighted by atomic mass is 9.97. The first-order valence-corrected chi connectivity index (χ1v) is 7.68. The quantitative estimate of drug-likeness (QED) is 0.813. The van der Waals surface area contributed by atoms with Gasteiger partial charge in [-0.15, -0.1) is 0 Å². The van der Waals surface area contributed by atoms with Gasteiger partial charge in [0.05, 0.1) is 6.20 Å². The molecule has 1 aromatic heterocycles. The minimum absolute atomic E-state index is 0.890. The van der Waals surface area contributed by atoms with Crippen LogP contribution in [0.15, 0.2) is 12.4 Å². The first-order chi connectivity index (χ1) is 9.28. The number of rotatable bonds is 7. The Morgan fingerprint density at radius 2 is 2.16 bits per heavy atom. The van der Waals surface area contributed by atoms with Crippen LogP contribution < -0.4 is 5.32 Å². The molecule has 0 radical (unpaired) electrons. The number of aromatic nitrogens is 2. The van der Waals surface area contributed by atoms with Crippen LogP contribution >= 0.6 is 0 Å². The molecule has 1 aromatic rings. The highest BCUT2D eigenvalue weighted by Gasteiger charge is 2.16. The Labute approximate surface area is 117 Å². The average molecular weight is 264 g/mol. The number of hydrogen-bond donors (Lipinski definition) is 1. The highest BCUT2D eigenvalue weighted by molar-refractivity contribution is 5.04. The summed E-state index contributed by atoms with van der Waals surface area (Å²) in [5.41, 5.74) is 1.36. The number of nitrogens with one attached hydrogen (secondary N) is 1. The largest absolute Gasteiger partial charge is 0.317 e. The fraction of sp³-hybridized carbons (Fsp3) is 0.800. The summed E-state index contributed by atoms with van der Waals surface area (Å²) < 4.78 is 1.90. The molecule has 4 heteroatoms. The van der Waals surface area contributed by atoms with Gasteiger partial charge in [0.2, 0.25) is 0 Å². The van der Waals surface area contributed by atoms with Gasteiger partial charge in [0.1, 0.15) is 0 Å². The van der Waals surface area contributed by atoms with Crippen LogP contribution in [0.5, 0.6) is 0 Å². The summed E-state index contributed by atoms with van der Waals surface area (Å²) in [6.45, 7) is 8.35. The van der Waals surface area contributed by atoms with Crippen LogP contribution in [0.25, 0.3) is 0 Å². The zero-order valence-electron chi connectivity index (χ0n) is 12.4. The summed E-state index contributed by atoms with van der Waals surface area (Å²) in [7, 11) is 1.99. The molecular weight excluding hydrogens is 236 g/mol. The van der Waals surface area contributed by atoms with Crippen molar-refractivity contribution in [3.05, 3.63) is 18.0 Å². The lowest BCUT2D eigenvalue weighted by Gasteiger charge is -2.29. The van der Waals surface area contributed by atoms with E-state index in [1.165, 1.54) is 57.5 Å². The van der Waals surface area contributed by atoms with Gasteiger partial charge in [0, 0.05) is 26.3 Å². The molecule has 0 spiro atoms. The van der Waals surface area contributed by atoms with Crippen molar-refractivity contribution >= 4 is 0 Å². The van der Waals surface area contributed by atoms with Crippen LogP contribution in [0.2, 0.25) is 0 Å². The summed E-state index contributed by atoms with van der Waals surface area (Å²) in [4.78, 5) is 2.64. The molecule has 1 fully saturated rings. The van der Waals surface area contributed by atoms with Crippen molar-refractivity contribution in [1.29, 1.82) is 0 Å². The van der Waals surface area contributed by atoms with E-state index in [1.54, 1.807) is 0 Å². The number of piperidine rings is 1. The van der Waals surface area contributed by atoms with Crippen molar-refractivity contribution < 1.29 is 0 Å². The molecule has 0 unspecified atom stereocenters. The Morgan fingerprint density at radius 1 is 1.37 bits per heavy atom. The summed E-state index contributed by atoms with van der Waals surface area (Å²) in [5, 5.41) is 7.70. The lowest BCUT2D eigenvalue weighted by molar-refractivity contribution is 0.207. The predicted octanol–water partition coefficient (Wildman–Crippen LogP) is 1.67. The maximum absolute atomic E-state index is 4.25. The maximum atomic E-state index is 4.25. The van der Waals surface area contributed by atoms with E-state index in [0.29, 0.717) is 0 Å². The van der Waals surface area contributed by atoms with Gasteiger partial charge in [0.15, 0.2) is 0 Å². The smallest absolute Gasteiger partial charge is 0.0522 e. The normalized spacial score (nSPS) is 17.2. The zero-order chi connectivity index (χ0) is 13.5. The standard InChI is InChI=1S/C15H28N4/c1-3-9-19(13-14-4-7-16-8-5-14)10-6-15-11-17-18(2)12-15/h11-12,14,16H,3-10,13H2,1-2H3. The van der Waals surface area contributed by atoms with Crippen molar-refractivity contribution in [3.8, 4) is 0 Å². The molecule has 0 bridgehead atoms. The average Bonchev–Trinajstić information content (AvgIpc) is 2.83. The van der Waals surface area contributed by atoms with E-state index in [9.17, 15) is 0 Å². The molecule has 19 heavy (non-hydrogen) atoms. The van der Waals surface area contributed by atoms with Gasteiger partial charge >= 0.3 is 0 Å². The third-order valence-corrected chi connectivity index (χ3v) is 3.99. The fourth-order valence-corrected chi connectivity index (χ4v) is 2.93. The van der Waals surface area contributed by atoms with Crippen molar-refractivity contribution in [3.63, 3.8) is 0 Å². The minimum atomic E-state index is 0.890. The van der Waals surface area contributed by atoms with Gasteiger partial charge in [-0.05, 0) is 56.8 Å². The van der Waals surface area contributed by atoms with Crippen LogP contribution in [0.3, 0.4) is 0 Å². The molecule has 2 heterocycles. The fourth-order valence-electron chi connectivity index (χ4n) is 2.93. The van der Waals surface area contributed by atoms with E-state index in [1.807, 2.05) is 17.9 Å². The Bertz CT molecular complexity index is 355. The number of aryl methyl sites for hydroxylation is 1. The van der Waals surface area contributed by atoms with Gasteiger partial charge in [-0.2, -0.15) is 5.10 Å². The van der Waals surface area contributed by atoms with Crippen LogP contribution in [-0.4, -0.2) is 47.4 Å². The highest BCUT2D eigenvalue weighted by Crippen LogP contribution is 2.14. The molecule has 108 valence electrons. The molecule has 0 amide bonds. The summed E-state index contributed by atoms with van der Waals surface area (Å²) in [6.07, 6.45) is 9.18. The Hall–Kier alpha value is -0.870. The summed E-state index contributed by atoms with van der Waals surface area (Å²) in [5.74, 6) is 0.890. The van der Waals surface area contributed by atoms with Crippen molar-refractivity contribution in [2.75, 3.05) is 32.7 Å². The zero-order valence-corrected chi connectivity index (χ0v) is 12.4. The van der Waals surface area contributed by atoms with E-state index in [2.05, 4.69) is 28.4 Å². The molecular formula is C15H28N4. The molecule has 1 saturated heterocycles. The monoisotopic (exact) mass is 264 g/mol. The highest BCUT2D eigenvalue weighted by atomic mass is 15.2. The SMILES string of the molecule is CCCN(CCc1cnn(C)c1)CC1CCNCC1. The summed E-state index contributed by atoms with van der Waals surface area (Å²) in [6, 6.07) is 0. The van der Waals surface area contributed by atoms with Gasteiger partial charge < -0.3 is 10.2 Å². The Balaban J connectivity index is 1.77. The first-order valence-electron chi connectivity index (χ1n) is 7.68. The van der Waals surface area contributed by atoms with E-state index in [4.69, 9.17) is 0 Å². The topological polar surface area (TPSA) is 33.1 Å². The maximum Gasteiger partial charge on any atom is 0.0522 e. The van der Waals surface area contributed by atoms with E-state index in [-0.39, 0.29) is 0 Å². The number of hydrogen-bond acceptors (Lipinski definition) is 3. The van der Waals surface area contributed by atoms with E-state index < -0.39 is 0 Å². The van der Waals surface area contributed by atoms with Crippen molar-refractivity contribution in [1.82, 2.24) is 20.0 Å². The third-order valence-electron chi connectivity index (χ3n) is 3.99.